The second-order valence-corrected chi connectivity index (χ2v) is 5.30. The van der Waals surface area contributed by atoms with E-state index >= 15 is 0 Å². The molecule has 2 unspecified atom stereocenters. The maximum Gasteiger partial charge on any atom is 0.123 e. The lowest BCUT2D eigenvalue weighted by Crippen LogP contribution is -2.26. The lowest BCUT2D eigenvalue weighted by atomic mass is 9.97. The second-order valence-electron chi connectivity index (χ2n) is 4.79. The zero-order valence-electron chi connectivity index (χ0n) is 10.5. The lowest BCUT2D eigenvalue weighted by molar-refractivity contribution is 0.553. The third kappa shape index (κ3) is 2.54. The van der Waals surface area contributed by atoms with Crippen molar-refractivity contribution in [3.05, 3.63) is 71.3 Å². The quantitative estimate of drug-likeness (QED) is 0.829. The molecule has 5 heteroatoms. The zero-order chi connectivity index (χ0) is 14.1. The highest BCUT2D eigenvalue weighted by molar-refractivity contribution is 6.21. The molecule has 0 saturated carbocycles. The van der Waals surface area contributed by atoms with Crippen molar-refractivity contribution in [1.82, 2.24) is 10.9 Å². The van der Waals surface area contributed by atoms with E-state index in [1.165, 1.54) is 24.3 Å². The highest BCUT2D eigenvalue weighted by Gasteiger charge is 2.36. The molecular weight excluding hydrogens is 282 g/mol. The van der Waals surface area contributed by atoms with Gasteiger partial charge in [0.1, 0.15) is 11.6 Å². The topological polar surface area (TPSA) is 24.1 Å². The molecule has 2 N–H and O–H groups in total. The lowest BCUT2D eigenvalue weighted by Gasteiger charge is -2.17. The van der Waals surface area contributed by atoms with Gasteiger partial charge >= 0.3 is 0 Å². The molecule has 104 valence electrons. The predicted octanol–water partition coefficient (Wildman–Crippen LogP) is 3.46. The molecule has 0 bridgehead atoms. The fourth-order valence-electron chi connectivity index (χ4n) is 2.41. The molecule has 1 fully saturated rings. The molecule has 0 amide bonds. The molecule has 2 aromatic rings. The van der Waals surface area contributed by atoms with Crippen molar-refractivity contribution >= 4 is 11.6 Å². The molecule has 2 atom stereocenters. The molecule has 2 nitrogen and oxygen atoms in total. The van der Waals surface area contributed by atoms with Crippen LogP contribution in [-0.2, 0) is 0 Å². The standard InChI is InChI=1S/C15H13ClF2N2/c16-13-14(9-1-5-11(17)6-2-9)19-20-15(13)10-3-7-12(18)8-4-10/h1-8,13-15,19-20H. The molecule has 1 aliphatic rings. The van der Waals surface area contributed by atoms with Gasteiger partial charge < -0.3 is 0 Å². The monoisotopic (exact) mass is 294 g/mol. The van der Waals surface area contributed by atoms with Crippen molar-refractivity contribution in [2.45, 2.75) is 17.5 Å². The van der Waals surface area contributed by atoms with Crippen molar-refractivity contribution < 1.29 is 8.78 Å². The number of hydrogen-bond donors (Lipinski definition) is 2. The first-order valence-electron chi connectivity index (χ1n) is 6.31. The average Bonchev–Trinajstić information content (AvgIpc) is 2.83. The van der Waals surface area contributed by atoms with Crippen LogP contribution in [0.1, 0.15) is 23.2 Å². The molecular formula is C15H13ClF2N2. The van der Waals surface area contributed by atoms with E-state index < -0.39 is 0 Å². The van der Waals surface area contributed by atoms with Gasteiger partial charge in [-0.15, -0.1) is 11.6 Å². The van der Waals surface area contributed by atoms with Crippen LogP contribution in [-0.4, -0.2) is 5.38 Å². The molecule has 0 spiro atoms. The molecule has 1 saturated heterocycles. The fourth-order valence-corrected chi connectivity index (χ4v) is 2.82. The molecule has 0 radical (unpaired) electrons. The van der Waals surface area contributed by atoms with Crippen LogP contribution >= 0.6 is 11.6 Å². The van der Waals surface area contributed by atoms with Gasteiger partial charge in [0.15, 0.2) is 0 Å². The van der Waals surface area contributed by atoms with E-state index in [1.54, 1.807) is 24.3 Å². The average molecular weight is 295 g/mol. The Hall–Kier alpha value is -1.49. The predicted molar refractivity (Wildman–Crippen MR) is 74.2 cm³/mol. The summed E-state index contributed by atoms with van der Waals surface area (Å²) in [7, 11) is 0. The Morgan fingerprint density at radius 3 is 1.40 bits per heavy atom. The maximum absolute atomic E-state index is 12.9. The van der Waals surface area contributed by atoms with Gasteiger partial charge in [-0.3, -0.25) is 0 Å². The van der Waals surface area contributed by atoms with Crippen LogP contribution in [0.15, 0.2) is 48.5 Å². The smallest absolute Gasteiger partial charge is 0.123 e. The van der Waals surface area contributed by atoms with E-state index in [2.05, 4.69) is 10.9 Å². The molecule has 0 aromatic heterocycles. The van der Waals surface area contributed by atoms with E-state index in [9.17, 15) is 8.78 Å². The van der Waals surface area contributed by atoms with Gasteiger partial charge in [-0.25, -0.2) is 19.6 Å². The Morgan fingerprint density at radius 1 is 0.700 bits per heavy atom. The Morgan fingerprint density at radius 2 is 1.05 bits per heavy atom. The highest BCUT2D eigenvalue weighted by atomic mass is 35.5. The van der Waals surface area contributed by atoms with Crippen LogP contribution in [0.4, 0.5) is 8.78 Å². The Bertz CT molecular complexity index is 532. The van der Waals surface area contributed by atoms with Crippen LogP contribution < -0.4 is 10.9 Å². The van der Waals surface area contributed by atoms with E-state index in [0.717, 1.165) is 11.1 Å². The van der Waals surface area contributed by atoms with Crippen LogP contribution in [0.5, 0.6) is 0 Å². The van der Waals surface area contributed by atoms with Gasteiger partial charge in [0.2, 0.25) is 0 Å². The maximum atomic E-state index is 12.9. The molecule has 1 heterocycles. The number of hydrogen-bond acceptors (Lipinski definition) is 2. The second kappa shape index (κ2) is 5.48. The zero-order valence-corrected chi connectivity index (χ0v) is 11.2. The summed E-state index contributed by atoms with van der Waals surface area (Å²) in [5.41, 5.74) is 8.03. The molecule has 20 heavy (non-hydrogen) atoms. The summed E-state index contributed by atoms with van der Waals surface area (Å²) in [6.45, 7) is 0. The van der Waals surface area contributed by atoms with E-state index in [1.807, 2.05) is 0 Å². The third-order valence-corrected chi connectivity index (χ3v) is 3.99. The van der Waals surface area contributed by atoms with Crippen molar-refractivity contribution in [1.29, 1.82) is 0 Å². The van der Waals surface area contributed by atoms with Gasteiger partial charge in [-0.1, -0.05) is 24.3 Å². The Labute approximate surface area is 120 Å². The van der Waals surface area contributed by atoms with E-state index in [-0.39, 0.29) is 29.1 Å². The largest absolute Gasteiger partial charge is 0.248 e. The number of hydrazine groups is 1. The summed E-state index contributed by atoms with van der Waals surface area (Å²) < 4.78 is 25.9. The van der Waals surface area contributed by atoms with E-state index in [4.69, 9.17) is 11.6 Å². The summed E-state index contributed by atoms with van der Waals surface area (Å²) in [6.07, 6.45) is 0. The molecule has 0 aliphatic carbocycles. The Kier molecular flexibility index (Phi) is 3.70. The minimum atomic E-state index is -0.277. The summed E-state index contributed by atoms with van der Waals surface area (Å²) >= 11 is 6.48. The van der Waals surface area contributed by atoms with Crippen LogP contribution in [0.3, 0.4) is 0 Å². The first kappa shape index (κ1) is 13.5. The summed E-state index contributed by atoms with van der Waals surface area (Å²) in [6, 6.07) is 12.2. The number of alkyl halides is 1. The van der Waals surface area contributed by atoms with Gasteiger partial charge in [0, 0.05) is 0 Å². The third-order valence-electron chi connectivity index (χ3n) is 3.49. The summed E-state index contributed by atoms with van der Waals surface area (Å²) in [4.78, 5) is 0. The number of benzene rings is 2. The van der Waals surface area contributed by atoms with Gasteiger partial charge in [0.25, 0.3) is 0 Å². The van der Waals surface area contributed by atoms with Crippen LogP contribution in [0.2, 0.25) is 0 Å². The first-order chi connectivity index (χ1) is 9.65. The summed E-state index contributed by atoms with van der Waals surface area (Å²) in [5, 5.41) is -0.258. The number of halogens is 3. The minimum Gasteiger partial charge on any atom is -0.248 e. The van der Waals surface area contributed by atoms with E-state index in [0.29, 0.717) is 0 Å². The molecule has 2 aromatic carbocycles. The van der Waals surface area contributed by atoms with Crippen molar-refractivity contribution in [2.24, 2.45) is 0 Å². The van der Waals surface area contributed by atoms with Crippen LogP contribution in [0.25, 0.3) is 0 Å². The summed E-state index contributed by atoms with van der Waals surface area (Å²) in [5.74, 6) is -0.554. The van der Waals surface area contributed by atoms with Gasteiger partial charge in [0.05, 0.1) is 17.5 Å². The van der Waals surface area contributed by atoms with Gasteiger partial charge in [-0.2, -0.15) is 0 Å². The minimum absolute atomic E-state index is 0.132. The fraction of sp³-hybridized carbons (Fsp3) is 0.200. The Balaban J connectivity index is 1.81. The molecule has 1 aliphatic heterocycles. The van der Waals surface area contributed by atoms with Crippen molar-refractivity contribution in [3.63, 3.8) is 0 Å². The van der Waals surface area contributed by atoms with Crippen molar-refractivity contribution in [3.8, 4) is 0 Å². The number of rotatable bonds is 2. The molecule has 3 rings (SSSR count). The normalized spacial score (nSPS) is 25.9. The highest BCUT2D eigenvalue weighted by Crippen LogP contribution is 2.35. The number of nitrogens with one attached hydrogen (secondary N) is 2. The first-order valence-corrected chi connectivity index (χ1v) is 6.75. The van der Waals surface area contributed by atoms with Crippen LogP contribution in [0, 0.1) is 11.6 Å². The van der Waals surface area contributed by atoms with Gasteiger partial charge in [-0.05, 0) is 35.4 Å². The van der Waals surface area contributed by atoms with Crippen molar-refractivity contribution in [2.75, 3.05) is 0 Å². The SMILES string of the molecule is Fc1ccc(C2NNC(c3ccc(F)cc3)C2Cl)cc1.